The lowest BCUT2D eigenvalue weighted by atomic mass is 10.00. The van der Waals surface area contributed by atoms with Crippen LogP contribution in [0.25, 0.3) is 0 Å². The second-order valence-corrected chi connectivity index (χ2v) is 6.07. The van der Waals surface area contributed by atoms with E-state index in [1.807, 2.05) is 0 Å². The molecule has 1 N–H and O–H groups in total. The number of ether oxygens (including phenoxy) is 1. The predicted octanol–water partition coefficient (Wildman–Crippen LogP) is 4.37. The Morgan fingerprint density at radius 1 is 1.21 bits per heavy atom. The van der Waals surface area contributed by atoms with Crippen molar-refractivity contribution in [2.75, 3.05) is 26.2 Å². The molecule has 0 aromatic heterocycles. The van der Waals surface area contributed by atoms with E-state index in [2.05, 4.69) is 26.0 Å². The number of hydrogen-bond acceptors (Lipinski definition) is 3. The van der Waals surface area contributed by atoms with Gasteiger partial charge in [0.15, 0.2) is 0 Å². The predicted molar refractivity (Wildman–Crippen MR) is 85.9 cm³/mol. The average molecular weight is 440 g/mol. The summed E-state index contributed by atoms with van der Waals surface area (Å²) in [5, 5.41) is 3.09. The van der Waals surface area contributed by atoms with Gasteiger partial charge in [-0.15, -0.1) is 25.6 Å². The Balaban J connectivity index is 0.00000288. The molecule has 3 nitrogen and oxygen atoms in total. The van der Waals surface area contributed by atoms with Crippen LogP contribution in [0.3, 0.4) is 0 Å². The van der Waals surface area contributed by atoms with Gasteiger partial charge in [-0.3, -0.25) is 4.90 Å². The Kier molecular flexibility index (Phi) is 8.17. The van der Waals surface area contributed by atoms with E-state index in [4.69, 9.17) is 0 Å². The number of nitrogens with zero attached hydrogens (tertiary/aromatic N) is 1. The highest BCUT2D eigenvalue weighted by Gasteiger charge is 2.35. The van der Waals surface area contributed by atoms with E-state index in [0.29, 0.717) is 30.7 Å². The van der Waals surface area contributed by atoms with Crippen LogP contribution < -0.4 is 10.1 Å². The summed E-state index contributed by atoms with van der Waals surface area (Å²) in [6.07, 6.45) is -8.06. The molecule has 1 heterocycles. The normalized spacial score (nSPS) is 17.5. The van der Waals surface area contributed by atoms with Gasteiger partial charge in [0.05, 0.1) is 0 Å². The first-order valence-electron chi connectivity index (χ1n) is 7.04. The van der Waals surface area contributed by atoms with Crippen molar-refractivity contribution < 1.29 is 26.7 Å². The minimum absolute atomic E-state index is 0. The molecule has 0 radical (unpaired) electrons. The van der Waals surface area contributed by atoms with Gasteiger partial charge in [-0.2, -0.15) is 0 Å². The lowest BCUT2D eigenvalue weighted by Gasteiger charge is -2.36. The molecule has 1 aliphatic rings. The molecule has 1 saturated heterocycles. The molecule has 0 saturated carbocycles. The summed E-state index contributed by atoms with van der Waals surface area (Å²) < 4.78 is 68.3. The van der Waals surface area contributed by atoms with Gasteiger partial charge < -0.3 is 10.1 Å². The standard InChI is InChI=1S/C14H16BrF5N2O.ClH/c15-9-1-2-12(23-14(18,19)20)10(7-9)11(8-13(16)17)22-5-3-21-4-6-22;/h1-2,7,11,13,21H,3-6,8H2;1H/t11-;/m0./s1. The highest BCUT2D eigenvalue weighted by molar-refractivity contribution is 9.10. The van der Waals surface area contributed by atoms with Crippen molar-refractivity contribution in [1.82, 2.24) is 10.2 Å². The lowest BCUT2D eigenvalue weighted by molar-refractivity contribution is -0.275. The van der Waals surface area contributed by atoms with Crippen LogP contribution in [0.4, 0.5) is 22.0 Å². The van der Waals surface area contributed by atoms with E-state index in [1.54, 1.807) is 4.90 Å². The molecular weight excluding hydrogens is 423 g/mol. The molecule has 1 atom stereocenters. The van der Waals surface area contributed by atoms with Gasteiger partial charge in [0.25, 0.3) is 0 Å². The van der Waals surface area contributed by atoms with Crippen LogP contribution in [-0.2, 0) is 0 Å². The number of halogens is 7. The fourth-order valence-corrected chi connectivity index (χ4v) is 3.01. The maximum absolute atomic E-state index is 13.0. The largest absolute Gasteiger partial charge is 0.573 e. The number of rotatable bonds is 5. The highest BCUT2D eigenvalue weighted by atomic mass is 79.9. The molecule has 1 aromatic carbocycles. The van der Waals surface area contributed by atoms with E-state index < -0.39 is 31.0 Å². The second-order valence-electron chi connectivity index (χ2n) is 5.16. The van der Waals surface area contributed by atoms with Gasteiger partial charge >= 0.3 is 6.36 Å². The van der Waals surface area contributed by atoms with Crippen molar-refractivity contribution in [2.45, 2.75) is 25.3 Å². The summed E-state index contributed by atoms with van der Waals surface area (Å²) in [6, 6.07) is 3.11. The molecule has 1 fully saturated rings. The molecule has 1 aliphatic heterocycles. The second kappa shape index (κ2) is 9.17. The molecule has 0 bridgehead atoms. The van der Waals surface area contributed by atoms with E-state index in [9.17, 15) is 22.0 Å². The third kappa shape index (κ3) is 6.34. The first kappa shape index (κ1) is 21.4. The van der Waals surface area contributed by atoms with Crippen LogP contribution in [0.5, 0.6) is 5.75 Å². The van der Waals surface area contributed by atoms with Gasteiger partial charge in [0.1, 0.15) is 5.75 Å². The zero-order valence-corrected chi connectivity index (χ0v) is 14.9. The molecule has 138 valence electrons. The van der Waals surface area contributed by atoms with Gasteiger partial charge in [0, 0.05) is 48.7 Å². The minimum atomic E-state index is -4.87. The smallest absolute Gasteiger partial charge is 0.405 e. The zero-order valence-electron chi connectivity index (χ0n) is 12.5. The van der Waals surface area contributed by atoms with Crippen LogP contribution in [0.1, 0.15) is 18.0 Å². The van der Waals surface area contributed by atoms with Crippen molar-refractivity contribution >= 4 is 28.3 Å². The molecule has 0 unspecified atom stereocenters. The molecule has 2 rings (SSSR count). The summed E-state index contributed by atoms with van der Waals surface area (Å²) in [4.78, 5) is 1.76. The first-order valence-corrected chi connectivity index (χ1v) is 7.83. The van der Waals surface area contributed by atoms with Crippen molar-refractivity contribution in [3.8, 4) is 5.75 Å². The Bertz CT molecular complexity index is 526. The summed E-state index contributed by atoms with van der Waals surface area (Å²) >= 11 is 3.18. The van der Waals surface area contributed by atoms with Crippen LogP contribution in [0, 0.1) is 0 Å². The molecule has 10 heteroatoms. The Hall–Kier alpha value is -0.640. The SMILES string of the molecule is Cl.FC(F)C[C@@H](c1cc(Br)ccc1OC(F)(F)F)N1CCNCC1. The van der Waals surface area contributed by atoms with Crippen molar-refractivity contribution in [3.05, 3.63) is 28.2 Å². The Morgan fingerprint density at radius 3 is 2.38 bits per heavy atom. The fraction of sp³-hybridized carbons (Fsp3) is 0.571. The monoisotopic (exact) mass is 438 g/mol. The van der Waals surface area contributed by atoms with Gasteiger partial charge in [-0.1, -0.05) is 15.9 Å². The summed E-state index contributed by atoms with van der Waals surface area (Å²) in [7, 11) is 0. The molecule has 0 aliphatic carbocycles. The first-order chi connectivity index (χ1) is 10.8. The molecule has 0 amide bonds. The molecular formula is C14H17BrClF5N2O. The van der Waals surface area contributed by atoms with E-state index in [1.165, 1.54) is 12.1 Å². The number of nitrogens with one attached hydrogen (secondary N) is 1. The van der Waals surface area contributed by atoms with Gasteiger partial charge in [-0.25, -0.2) is 8.78 Å². The molecule has 0 spiro atoms. The summed E-state index contributed by atoms with van der Waals surface area (Å²) in [5.74, 6) is -0.440. The number of alkyl halides is 5. The lowest BCUT2D eigenvalue weighted by Crippen LogP contribution is -2.45. The zero-order chi connectivity index (χ0) is 17.0. The van der Waals surface area contributed by atoms with Crippen molar-refractivity contribution in [1.29, 1.82) is 0 Å². The number of benzene rings is 1. The van der Waals surface area contributed by atoms with E-state index >= 15 is 0 Å². The highest BCUT2D eigenvalue weighted by Crippen LogP contribution is 2.38. The van der Waals surface area contributed by atoms with Crippen LogP contribution >= 0.6 is 28.3 Å². The topological polar surface area (TPSA) is 24.5 Å². The average Bonchev–Trinajstić information content (AvgIpc) is 2.46. The van der Waals surface area contributed by atoms with Crippen molar-refractivity contribution in [2.24, 2.45) is 0 Å². The third-order valence-electron chi connectivity index (χ3n) is 3.55. The van der Waals surface area contributed by atoms with E-state index in [0.717, 1.165) is 6.07 Å². The number of piperazine rings is 1. The van der Waals surface area contributed by atoms with Gasteiger partial charge in [-0.05, 0) is 18.2 Å². The third-order valence-corrected chi connectivity index (χ3v) is 4.04. The fourth-order valence-electron chi connectivity index (χ4n) is 2.63. The quantitative estimate of drug-likeness (QED) is 0.690. The minimum Gasteiger partial charge on any atom is -0.405 e. The Morgan fingerprint density at radius 2 is 1.83 bits per heavy atom. The van der Waals surface area contributed by atoms with Crippen molar-refractivity contribution in [3.63, 3.8) is 0 Å². The number of hydrogen-bond donors (Lipinski definition) is 1. The maximum atomic E-state index is 13.0. The molecule has 1 aromatic rings. The summed E-state index contributed by atoms with van der Waals surface area (Å²) in [6.45, 7) is 2.16. The Labute approximate surface area is 151 Å². The van der Waals surface area contributed by atoms with Crippen LogP contribution in [0.15, 0.2) is 22.7 Å². The van der Waals surface area contributed by atoms with E-state index in [-0.39, 0.29) is 18.0 Å². The van der Waals surface area contributed by atoms with Gasteiger partial charge in [0.2, 0.25) is 6.43 Å². The molecule has 24 heavy (non-hydrogen) atoms. The summed E-state index contributed by atoms with van der Waals surface area (Å²) in [5.41, 5.74) is 0.110. The van der Waals surface area contributed by atoms with Crippen LogP contribution in [0.2, 0.25) is 0 Å². The maximum Gasteiger partial charge on any atom is 0.573 e. The van der Waals surface area contributed by atoms with Crippen LogP contribution in [-0.4, -0.2) is 43.9 Å².